The summed E-state index contributed by atoms with van der Waals surface area (Å²) in [5.41, 5.74) is 2.77. The van der Waals surface area contributed by atoms with E-state index in [2.05, 4.69) is 5.16 Å². The zero-order valence-corrected chi connectivity index (χ0v) is 12.4. The van der Waals surface area contributed by atoms with Crippen molar-refractivity contribution in [3.05, 3.63) is 71.5 Å². The van der Waals surface area contributed by atoms with Crippen molar-refractivity contribution in [1.29, 1.82) is 0 Å². The lowest BCUT2D eigenvalue weighted by Gasteiger charge is -2.05. The Bertz CT molecular complexity index is 789. The molecule has 0 aliphatic heterocycles. The first-order valence-corrected chi connectivity index (χ1v) is 6.95. The van der Waals surface area contributed by atoms with E-state index in [1.165, 1.54) is 0 Å². The minimum atomic E-state index is -0.471. The topological polar surface area (TPSA) is 52.3 Å². The van der Waals surface area contributed by atoms with Gasteiger partial charge in [-0.15, -0.1) is 0 Å². The first-order valence-electron chi connectivity index (χ1n) is 6.95. The smallest absolute Gasteiger partial charge is 0.349 e. The second kappa shape index (κ2) is 5.85. The molecule has 1 aromatic heterocycles. The summed E-state index contributed by atoms with van der Waals surface area (Å²) in [6.45, 7) is 3.68. The van der Waals surface area contributed by atoms with Gasteiger partial charge in [-0.2, -0.15) is 0 Å². The normalized spacial score (nSPS) is 10.5. The van der Waals surface area contributed by atoms with Gasteiger partial charge in [-0.1, -0.05) is 53.2 Å². The van der Waals surface area contributed by atoms with Crippen LogP contribution in [0.3, 0.4) is 0 Å². The predicted molar refractivity (Wildman–Crippen MR) is 82.8 cm³/mol. The van der Waals surface area contributed by atoms with Gasteiger partial charge in [0.2, 0.25) is 0 Å². The average Bonchev–Trinajstić information content (AvgIpc) is 2.92. The van der Waals surface area contributed by atoms with Gasteiger partial charge < -0.3 is 9.26 Å². The van der Waals surface area contributed by atoms with Crippen molar-refractivity contribution in [2.24, 2.45) is 0 Å². The van der Waals surface area contributed by atoms with Gasteiger partial charge in [0.1, 0.15) is 22.8 Å². The molecule has 110 valence electrons. The third-order valence-corrected chi connectivity index (χ3v) is 3.35. The van der Waals surface area contributed by atoms with Crippen LogP contribution in [0.1, 0.15) is 21.7 Å². The Balaban J connectivity index is 1.93. The Hall–Kier alpha value is -2.88. The van der Waals surface area contributed by atoms with Crippen LogP contribution in [-0.2, 0) is 0 Å². The van der Waals surface area contributed by atoms with Crippen molar-refractivity contribution in [3.63, 3.8) is 0 Å². The summed E-state index contributed by atoms with van der Waals surface area (Å²) in [6, 6.07) is 16.7. The molecule has 0 unspecified atom stereocenters. The van der Waals surface area contributed by atoms with Gasteiger partial charge in [0, 0.05) is 5.56 Å². The number of rotatable bonds is 3. The second-order valence-corrected chi connectivity index (χ2v) is 5.03. The predicted octanol–water partition coefficient (Wildman–Crippen LogP) is 4.18. The molecule has 0 atom stereocenters. The van der Waals surface area contributed by atoms with Gasteiger partial charge in [0.05, 0.1) is 0 Å². The third-order valence-electron chi connectivity index (χ3n) is 3.35. The fraction of sp³-hybridized carbons (Fsp3) is 0.111. The summed E-state index contributed by atoms with van der Waals surface area (Å²) in [5, 5.41) is 3.99. The summed E-state index contributed by atoms with van der Waals surface area (Å²) >= 11 is 0. The molecule has 22 heavy (non-hydrogen) atoms. The van der Waals surface area contributed by atoms with Gasteiger partial charge in [-0.05, 0) is 26.0 Å². The monoisotopic (exact) mass is 293 g/mol. The molecule has 0 radical (unpaired) electrons. The van der Waals surface area contributed by atoms with Crippen LogP contribution in [0.15, 0.2) is 59.1 Å². The SMILES string of the molecule is Cc1ccc(OC(=O)c2c(-c3ccccc3)noc2C)cc1. The van der Waals surface area contributed by atoms with Crippen LogP contribution in [-0.4, -0.2) is 11.1 Å². The van der Waals surface area contributed by atoms with Crippen molar-refractivity contribution in [3.8, 4) is 17.0 Å². The van der Waals surface area contributed by atoms with Crippen LogP contribution in [0.2, 0.25) is 0 Å². The molecule has 0 aliphatic carbocycles. The molecule has 0 amide bonds. The van der Waals surface area contributed by atoms with Crippen LogP contribution in [0.4, 0.5) is 0 Å². The fourth-order valence-electron chi connectivity index (χ4n) is 2.17. The van der Waals surface area contributed by atoms with Crippen LogP contribution >= 0.6 is 0 Å². The molecule has 3 aromatic rings. The Morgan fingerprint density at radius 2 is 1.68 bits per heavy atom. The van der Waals surface area contributed by atoms with E-state index in [1.54, 1.807) is 19.1 Å². The molecule has 0 saturated heterocycles. The Morgan fingerprint density at radius 1 is 1.00 bits per heavy atom. The van der Waals surface area contributed by atoms with E-state index < -0.39 is 5.97 Å². The molecule has 4 nitrogen and oxygen atoms in total. The molecule has 0 fully saturated rings. The highest BCUT2D eigenvalue weighted by atomic mass is 16.5. The molecular formula is C18H15NO3. The number of esters is 1. The molecule has 0 spiro atoms. The van der Waals surface area contributed by atoms with E-state index in [4.69, 9.17) is 9.26 Å². The summed E-state index contributed by atoms with van der Waals surface area (Å²) in [4.78, 5) is 12.5. The highest BCUT2D eigenvalue weighted by Gasteiger charge is 2.23. The summed E-state index contributed by atoms with van der Waals surface area (Å²) in [6.07, 6.45) is 0. The van der Waals surface area contributed by atoms with Crippen LogP contribution in [0, 0.1) is 13.8 Å². The van der Waals surface area contributed by atoms with E-state index >= 15 is 0 Å². The average molecular weight is 293 g/mol. The number of carbonyl (C=O) groups is 1. The van der Waals surface area contributed by atoms with Crippen LogP contribution in [0.5, 0.6) is 5.75 Å². The highest BCUT2D eigenvalue weighted by molar-refractivity contribution is 5.98. The van der Waals surface area contributed by atoms with Gasteiger partial charge in [-0.3, -0.25) is 0 Å². The van der Waals surface area contributed by atoms with E-state index in [0.29, 0.717) is 22.8 Å². The number of benzene rings is 2. The van der Waals surface area contributed by atoms with Gasteiger partial charge in [0.25, 0.3) is 0 Å². The lowest BCUT2D eigenvalue weighted by atomic mass is 10.1. The number of carbonyl (C=O) groups excluding carboxylic acids is 1. The Morgan fingerprint density at radius 3 is 2.36 bits per heavy atom. The van der Waals surface area contributed by atoms with Crippen molar-refractivity contribution >= 4 is 5.97 Å². The summed E-state index contributed by atoms with van der Waals surface area (Å²) < 4.78 is 10.6. The van der Waals surface area contributed by atoms with Crippen molar-refractivity contribution in [2.45, 2.75) is 13.8 Å². The molecule has 1 heterocycles. The number of ether oxygens (including phenoxy) is 1. The number of nitrogens with zero attached hydrogens (tertiary/aromatic N) is 1. The Kier molecular flexibility index (Phi) is 3.74. The minimum absolute atomic E-state index is 0.353. The maximum atomic E-state index is 12.5. The van der Waals surface area contributed by atoms with Crippen molar-refractivity contribution in [1.82, 2.24) is 5.16 Å². The number of aromatic nitrogens is 1. The number of aryl methyl sites for hydroxylation is 2. The standard InChI is InChI=1S/C18H15NO3/c1-12-8-10-15(11-9-12)21-18(20)16-13(2)22-19-17(16)14-6-4-3-5-7-14/h3-11H,1-2H3. The van der Waals surface area contributed by atoms with E-state index in [9.17, 15) is 4.79 Å². The van der Waals surface area contributed by atoms with E-state index in [0.717, 1.165) is 11.1 Å². The molecular weight excluding hydrogens is 278 g/mol. The van der Waals surface area contributed by atoms with E-state index in [-0.39, 0.29) is 0 Å². The van der Waals surface area contributed by atoms with Crippen LogP contribution < -0.4 is 4.74 Å². The molecule has 0 bridgehead atoms. The molecule has 0 aliphatic rings. The molecule has 2 aromatic carbocycles. The highest BCUT2D eigenvalue weighted by Crippen LogP contribution is 2.26. The third kappa shape index (κ3) is 2.76. The van der Waals surface area contributed by atoms with Gasteiger partial charge in [-0.25, -0.2) is 4.79 Å². The number of hydrogen-bond acceptors (Lipinski definition) is 4. The molecule has 0 saturated carbocycles. The fourth-order valence-corrected chi connectivity index (χ4v) is 2.17. The molecule has 3 rings (SSSR count). The Labute approximate surface area is 128 Å². The largest absolute Gasteiger partial charge is 0.423 e. The first kappa shape index (κ1) is 14.1. The maximum absolute atomic E-state index is 12.5. The molecule has 4 heteroatoms. The van der Waals surface area contributed by atoms with Crippen LogP contribution in [0.25, 0.3) is 11.3 Å². The second-order valence-electron chi connectivity index (χ2n) is 5.03. The zero-order valence-electron chi connectivity index (χ0n) is 12.4. The lowest BCUT2D eigenvalue weighted by molar-refractivity contribution is 0.0733. The quantitative estimate of drug-likeness (QED) is 0.537. The van der Waals surface area contributed by atoms with Gasteiger partial charge in [0.15, 0.2) is 0 Å². The first-order chi connectivity index (χ1) is 10.6. The van der Waals surface area contributed by atoms with E-state index in [1.807, 2.05) is 49.4 Å². The lowest BCUT2D eigenvalue weighted by Crippen LogP contribution is -2.10. The summed E-state index contributed by atoms with van der Waals surface area (Å²) in [5.74, 6) is 0.465. The van der Waals surface area contributed by atoms with Crippen molar-refractivity contribution < 1.29 is 14.1 Å². The summed E-state index contributed by atoms with van der Waals surface area (Å²) in [7, 11) is 0. The minimum Gasteiger partial charge on any atom is -0.423 e. The van der Waals surface area contributed by atoms with Crippen molar-refractivity contribution in [2.75, 3.05) is 0 Å². The zero-order chi connectivity index (χ0) is 15.5. The van der Waals surface area contributed by atoms with Gasteiger partial charge >= 0.3 is 5.97 Å². The molecule has 0 N–H and O–H groups in total. The maximum Gasteiger partial charge on any atom is 0.349 e. The number of hydrogen-bond donors (Lipinski definition) is 0.